The number of ether oxygens (including phenoxy) is 2. The zero-order chi connectivity index (χ0) is 24.1. The highest BCUT2D eigenvalue weighted by molar-refractivity contribution is 5.88. The van der Waals surface area contributed by atoms with E-state index in [9.17, 15) is 4.79 Å². The number of carbonyl (C=O) groups is 1. The lowest BCUT2D eigenvalue weighted by atomic mass is 9.87. The summed E-state index contributed by atoms with van der Waals surface area (Å²) in [5, 5.41) is 2.21. The van der Waals surface area contributed by atoms with Crippen molar-refractivity contribution < 1.29 is 18.7 Å². The van der Waals surface area contributed by atoms with Crippen LogP contribution in [-0.4, -0.2) is 24.2 Å². The van der Waals surface area contributed by atoms with Crippen LogP contribution in [0.5, 0.6) is 5.75 Å². The number of nitrogens with zero attached hydrogens (tertiary/aromatic N) is 1. The number of hydrogen-bond donors (Lipinski definition) is 0. The number of hydrogen-bond acceptors (Lipinski definition) is 5. The molecule has 0 unspecified atom stereocenters. The number of oxazole rings is 1. The number of fused-ring (bicyclic) bond motifs is 2. The second kappa shape index (κ2) is 10.3. The second-order valence-corrected chi connectivity index (χ2v) is 9.64. The minimum atomic E-state index is -0.121. The zero-order valence-electron chi connectivity index (χ0n) is 20.5. The predicted octanol–water partition coefficient (Wildman–Crippen LogP) is 7.45. The van der Waals surface area contributed by atoms with Crippen LogP contribution >= 0.6 is 0 Å². The maximum atomic E-state index is 11.4. The van der Waals surface area contributed by atoms with E-state index in [1.807, 2.05) is 25.1 Å². The Hall–Kier alpha value is -3.34. The number of aromatic nitrogens is 1. The van der Waals surface area contributed by atoms with Gasteiger partial charge in [0.2, 0.25) is 5.89 Å². The van der Waals surface area contributed by atoms with Crippen molar-refractivity contribution >= 4 is 27.8 Å². The average Bonchev–Trinajstić information content (AvgIpc) is 3.24. The van der Waals surface area contributed by atoms with E-state index in [-0.39, 0.29) is 11.4 Å². The molecule has 34 heavy (non-hydrogen) atoms. The average molecular weight is 460 g/mol. The molecule has 0 radical (unpaired) electrons. The summed E-state index contributed by atoms with van der Waals surface area (Å²) in [6.45, 7) is 9.49. The van der Waals surface area contributed by atoms with E-state index in [1.165, 1.54) is 5.56 Å². The van der Waals surface area contributed by atoms with E-state index in [0.29, 0.717) is 25.5 Å². The molecule has 0 fully saturated rings. The van der Waals surface area contributed by atoms with Crippen molar-refractivity contribution in [2.75, 3.05) is 13.2 Å². The summed E-state index contributed by atoms with van der Waals surface area (Å²) in [6, 6.07) is 18.6. The molecule has 178 valence electrons. The van der Waals surface area contributed by atoms with E-state index >= 15 is 0 Å². The van der Waals surface area contributed by atoms with E-state index in [2.05, 4.69) is 57.2 Å². The molecular formula is C29H33NO4. The van der Waals surface area contributed by atoms with Crippen LogP contribution in [0.4, 0.5) is 0 Å². The van der Waals surface area contributed by atoms with E-state index in [0.717, 1.165) is 52.4 Å². The molecule has 1 heterocycles. The number of unbranched alkanes of at least 4 members (excludes halogenated alkanes) is 2. The van der Waals surface area contributed by atoms with Crippen LogP contribution in [0.1, 0.15) is 58.9 Å². The Morgan fingerprint density at radius 2 is 1.74 bits per heavy atom. The van der Waals surface area contributed by atoms with Gasteiger partial charge in [-0.1, -0.05) is 39.0 Å². The maximum Gasteiger partial charge on any atom is 0.305 e. The lowest BCUT2D eigenvalue weighted by Gasteiger charge is -2.18. The van der Waals surface area contributed by atoms with Gasteiger partial charge in [0.25, 0.3) is 0 Å². The standard InChI is InChI=1S/C29H33NO4/c1-5-32-27(31)9-7-6-8-16-33-24-14-12-20-17-22(11-10-21(20)18-24)28-30-25-19-23(29(2,3)4)13-15-26(25)34-28/h10-15,17-19H,5-9,16H2,1-4H3. The van der Waals surface area contributed by atoms with Gasteiger partial charge in [0.05, 0.1) is 13.2 Å². The van der Waals surface area contributed by atoms with Crippen LogP contribution in [0.15, 0.2) is 59.0 Å². The Morgan fingerprint density at radius 1 is 0.941 bits per heavy atom. The number of rotatable bonds is 9. The molecule has 0 bridgehead atoms. The van der Waals surface area contributed by atoms with Crippen molar-refractivity contribution in [2.24, 2.45) is 0 Å². The minimum Gasteiger partial charge on any atom is -0.494 e. The highest BCUT2D eigenvalue weighted by atomic mass is 16.5. The molecule has 0 saturated heterocycles. The molecule has 5 nitrogen and oxygen atoms in total. The summed E-state index contributed by atoms with van der Waals surface area (Å²) >= 11 is 0. The molecule has 1 aromatic heterocycles. The van der Waals surface area contributed by atoms with Crippen LogP contribution in [0.3, 0.4) is 0 Å². The van der Waals surface area contributed by atoms with Crippen LogP contribution in [0.2, 0.25) is 0 Å². The quantitative estimate of drug-likeness (QED) is 0.192. The van der Waals surface area contributed by atoms with Crippen molar-refractivity contribution in [1.29, 1.82) is 0 Å². The third-order valence-electron chi connectivity index (χ3n) is 5.91. The lowest BCUT2D eigenvalue weighted by Crippen LogP contribution is -2.10. The molecule has 4 aromatic rings. The number of esters is 1. The fourth-order valence-electron chi connectivity index (χ4n) is 3.94. The first-order chi connectivity index (χ1) is 16.3. The van der Waals surface area contributed by atoms with Crippen LogP contribution < -0.4 is 4.74 Å². The van der Waals surface area contributed by atoms with Gasteiger partial charge in [-0.15, -0.1) is 0 Å². The third-order valence-corrected chi connectivity index (χ3v) is 5.91. The molecule has 5 heteroatoms. The third kappa shape index (κ3) is 5.77. The van der Waals surface area contributed by atoms with Gasteiger partial charge in [-0.05, 0) is 84.3 Å². The van der Waals surface area contributed by atoms with Crippen LogP contribution in [0, 0.1) is 0 Å². The molecule has 4 rings (SSSR count). The predicted molar refractivity (Wildman–Crippen MR) is 136 cm³/mol. The highest BCUT2D eigenvalue weighted by Crippen LogP contribution is 2.31. The smallest absolute Gasteiger partial charge is 0.305 e. The SMILES string of the molecule is CCOC(=O)CCCCCOc1ccc2cc(-c3nc4cc(C(C)(C)C)ccc4o3)ccc2c1. The summed E-state index contributed by atoms with van der Waals surface area (Å²) in [5.41, 5.74) is 3.95. The van der Waals surface area contributed by atoms with Gasteiger partial charge in [0.15, 0.2) is 5.58 Å². The molecule has 0 amide bonds. The van der Waals surface area contributed by atoms with E-state index in [4.69, 9.17) is 18.9 Å². The largest absolute Gasteiger partial charge is 0.494 e. The summed E-state index contributed by atoms with van der Waals surface area (Å²) in [6.07, 6.45) is 3.16. The Balaban J connectivity index is 1.39. The number of benzene rings is 3. The van der Waals surface area contributed by atoms with E-state index in [1.54, 1.807) is 0 Å². The molecule has 0 saturated carbocycles. The van der Waals surface area contributed by atoms with Crippen molar-refractivity contribution in [1.82, 2.24) is 4.98 Å². The summed E-state index contributed by atoms with van der Waals surface area (Å²) < 4.78 is 16.9. The van der Waals surface area contributed by atoms with Gasteiger partial charge in [-0.2, -0.15) is 0 Å². The van der Waals surface area contributed by atoms with Gasteiger partial charge < -0.3 is 13.9 Å². The molecule has 0 aliphatic heterocycles. The van der Waals surface area contributed by atoms with E-state index < -0.39 is 0 Å². The fraction of sp³-hybridized carbons (Fsp3) is 0.379. The molecular weight excluding hydrogens is 426 g/mol. The van der Waals surface area contributed by atoms with Crippen molar-refractivity contribution in [3.8, 4) is 17.2 Å². The first kappa shape index (κ1) is 23.8. The Kier molecular flexibility index (Phi) is 7.20. The van der Waals surface area contributed by atoms with Gasteiger partial charge in [0, 0.05) is 12.0 Å². The van der Waals surface area contributed by atoms with Gasteiger partial charge in [0.1, 0.15) is 11.3 Å². The first-order valence-corrected chi connectivity index (χ1v) is 12.1. The fourth-order valence-corrected chi connectivity index (χ4v) is 3.94. The highest BCUT2D eigenvalue weighted by Gasteiger charge is 2.16. The molecule has 0 atom stereocenters. The van der Waals surface area contributed by atoms with Crippen LogP contribution in [-0.2, 0) is 14.9 Å². The number of carbonyl (C=O) groups excluding carboxylic acids is 1. The van der Waals surface area contributed by atoms with Crippen molar-refractivity contribution in [3.63, 3.8) is 0 Å². The molecule has 0 N–H and O–H groups in total. The molecule has 0 aliphatic carbocycles. The maximum absolute atomic E-state index is 11.4. The van der Waals surface area contributed by atoms with Crippen molar-refractivity contribution in [3.05, 3.63) is 60.2 Å². The second-order valence-electron chi connectivity index (χ2n) is 9.64. The Bertz CT molecular complexity index is 1280. The summed E-state index contributed by atoms with van der Waals surface area (Å²) in [4.78, 5) is 16.1. The monoisotopic (exact) mass is 459 g/mol. The molecule has 3 aromatic carbocycles. The lowest BCUT2D eigenvalue weighted by molar-refractivity contribution is -0.143. The van der Waals surface area contributed by atoms with Gasteiger partial charge >= 0.3 is 5.97 Å². The summed E-state index contributed by atoms with van der Waals surface area (Å²) in [7, 11) is 0. The first-order valence-electron chi connectivity index (χ1n) is 12.1. The molecule has 0 aliphatic rings. The Labute approximate surface area is 201 Å². The summed E-state index contributed by atoms with van der Waals surface area (Å²) in [5.74, 6) is 1.36. The Morgan fingerprint density at radius 3 is 2.53 bits per heavy atom. The normalized spacial score (nSPS) is 11.8. The van der Waals surface area contributed by atoms with Gasteiger partial charge in [-0.25, -0.2) is 4.98 Å². The molecule has 0 spiro atoms. The van der Waals surface area contributed by atoms with Crippen molar-refractivity contribution in [2.45, 2.75) is 58.8 Å². The topological polar surface area (TPSA) is 61.6 Å². The zero-order valence-corrected chi connectivity index (χ0v) is 20.5. The van der Waals surface area contributed by atoms with Crippen LogP contribution in [0.25, 0.3) is 33.3 Å². The minimum absolute atomic E-state index is 0.0681. The van der Waals surface area contributed by atoms with Gasteiger partial charge in [-0.3, -0.25) is 4.79 Å².